The van der Waals surface area contributed by atoms with E-state index in [2.05, 4.69) is 25.9 Å². The molecule has 37 heavy (non-hydrogen) atoms. The Balaban J connectivity index is 0.00000320. The van der Waals surface area contributed by atoms with Gasteiger partial charge in [-0.3, -0.25) is 14.4 Å². The first-order valence-corrected chi connectivity index (χ1v) is 14.1. The lowest BCUT2D eigenvalue weighted by molar-refractivity contribution is 0.0948. The molecule has 1 aliphatic heterocycles. The third-order valence-electron chi connectivity index (χ3n) is 6.11. The van der Waals surface area contributed by atoms with Gasteiger partial charge < -0.3 is 10.2 Å². The zero-order chi connectivity index (χ0) is 25.0. The number of hydrogen-bond acceptors (Lipinski definition) is 7. The summed E-state index contributed by atoms with van der Waals surface area (Å²) >= 11 is 1.72. The number of carbonyl (C=O) groups is 1. The first-order chi connectivity index (χ1) is 17.5. The monoisotopic (exact) mass is 557 g/mol. The second-order valence-electron chi connectivity index (χ2n) is 8.51. The Morgan fingerprint density at radius 1 is 0.892 bits per heavy atom. The summed E-state index contributed by atoms with van der Waals surface area (Å²) in [7, 11) is -3.79. The van der Waals surface area contributed by atoms with Crippen molar-refractivity contribution in [3.63, 3.8) is 0 Å². The van der Waals surface area contributed by atoms with E-state index >= 15 is 0 Å². The highest BCUT2D eigenvalue weighted by atomic mass is 35.5. The summed E-state index contributed by atoms with van der Waals surface area (Å²) < 4.78 is 29.2. The zero-order valence-electron chi connectivity index (χ0n) is 20.0. The third-order valence-corrected chi connectivity index (χ3v) is 8.59. The number of piperazine rings is 1. The van der Waals surface area contributed by atoms with Gasteiger partial charge >= 0.3 is 0 Å². The summed E-state index contributed by atoms with van der Waals surface area (Å²) in [6.07, 6.45) is 0. The second-order valence-corrected chi connectivity index (χ2v) is 11.2. The Morgan fingerprint density at radius 2 is 1.57 bits per heavy atom. The van der Waals surface area contributed by atoms with E-state index < -0.39 is 10.0 Å². The quantitative estimate of drug-likeness (QED) is 0.339. The van der Waals surface area contributed by atoms with E-state index in [1.165, 1.54) is 16.8 Å². The van der Waals surface area contributed by atoms with Gasteiger partial charge in [0.25, 0.3) is 15.9 Å². The first kappa shape index (κ1) is 26.9. The van der Waals surface area contributed by atoms with Crippen LogP contribution in [0.15, 0.2) is 83.8 Å². The number of nitrogens with zero attached hydrogens (tertiary/aromatic N) is 3. The summed E-state index contributed by atoms with van der Waals surface area (Å²) in [5.74, 6) is -0.311. The second kappa shape index (κ2) is 11.9. The molecule has 0 radical (unpaired) electrons. The molecule has 8 nitrogen and oxygen atoms in total. The van der Waals surface area contributed by atoms with Gasteiger partial charge in [-0.05, 0) is 36.4 Å². The number of fused-ring (bicyclic) bond motifs is 1. The number of hydrogen-bond donors (Lipinski definition) is 2. The van der Waals surface area contributed by atoms with Crippen molar-refractivity contribution >= 4 is 60.7 Å². The molecule has 3 aromatic carbocycles. The summed E-state index contributed by atoms with van der Waals surface area (Å²) in [6.45, 7) is 4.74. The molecule has 2 heterocycles. The molecule has 1 aliphatic rings. The van der Waals surface area contributed by atoms with Gasteiger partial charge in [-0.1, -0.05) is 53.8 Å². The Hall–Kier alpha value is -3.18. The Kier molecular flexibility index (Phi) is 8.65. The van der Waals surface area contributed by atoms with E-state index in [-0.39, 0.29) is 34.5 Å². The summed E-state index contributed by atoms with van der Waals surface area (Å²) in [5, 5.41) is 3.99. The summed E-state index contributed by atoms with van der Waals surface area (Å²) in [4.78, 5) is 22.4. The number of amides is 1. The molecular weight excluding hydrogens is 530 g/mol. The lowest BCUT2D eigenvalue weighted by atomic mass is 10.1. The van der Waals surface area contributed by atoms with Crippen molar-refractivity contribution < 1.29 is 13.2 Å². The number of para-hydroxylation sites is 2. The Labute approximate surface area is 226 Å². The smallest absolute Gasteiger partial charge is 0.261 e. The van der Waals surface area contributed by atoms with Crippen LogP contribution in [-0.4, -0.2) is 63.5 Å². The van der Waals surface area contributed by atoms with Gasteiger partial charge in [0.2, 0.25) is 0 Å². The predicted octanol–water partition coefficient (Wildman–Crippen LogP) is 4.07. The van der Waals surface area contributed by atoms with E-state index in [4.69, 9.17) is 4.98 Å². The molecule has 1 aromatic heterocycles. The van der Waals surface area contributed by atoms with Crippen molar-refractivity contribution in [3.8, 4) is 0 Å². The molecular formula is C26H28ClN5O3S2. The molecule has 5 rings (SSSR count). The fourth-order valence-electron chi connectivity index (χ4n) is 4.15. The molecule has 1 fully saturated rings. The first-order valence-electron chi connectivity index (χ1n) is 11.8. The van der Waals surface area contributed by atoms with Crippen molar-refractivity contribution in [2.75, 3.05) is 48.9 Å². The van der Waals surface area contributed by atoms with Gasteiger partial charge in [-0.2, -0.15) is 0 Å². The van der Waals surface area contributed by atoms with Gasteiger partial charge in [0.15, 0.2) is 5.13 Å². The van der Waals surface area contributed by atoms with Crippen LogP contribution in [0.2, 0.25) is 0 Å². The minimum Gasteiger partial charge on any atom is -0.351 e. The van der Waals surface area contributed by atoms with Crippen LogP contribution in [0.3, 0.4) is 0 Å². The number of carbonyl (C=O) groups excluding carboxylic acids is 1. The molecule has 1 amide bonds. The molecule has 194 valence electrons. The number of halogens is 1. The fourth-order valence-corrected chi connectivity index (χ4v) is 6.27. The van der Waals surface area contributed by atoms with Crippen LogP contribution < -0.4 is 14.9 Å². The van der Waals surface area contributed by atoms with E-state index in [0.717, 1.165) is 43.4 Å². The number of nitrogens with one attached hydrogen (secondary N) is 2. The number of thiazole rings is 1. The average molecular weight is 558 g/mol. The van der Waals surface area contributed by atoms with Gasteiger partial charge in [-0.25, -0.2) is 13.4 Å². The molecule has 0 unspecified atom stereocenters. The topological polar surface area (TPSA) is 94.6 Å². The third kappa shape index (κ3) is 6.40. The fraction of sp³-hybridized carbons (Fsp3) is 0.231. The Bertz CT molecular complexity index is 1420. The van der Waals surface area contributed by atoms with E-state index in [1.54, 1.807) is 53.8 Å². The van der Waals surface area contributed by atoms with E-state index in [0.29, 0.717) is 6.54 Å². The van der Waals surface area contributed by atoms with E-state index in [9.17, 15) is 13.2 Å². The molecule has 4 aromatic rings. The van der Waals surface area contributed by atoms with Crippen molar-refractivity contribution in [1.29, 1.82) is 0 Å². The van der Waals surface area contributed by atoms with Gasteiger partial charge in [-0.15, -0.1) is 12.4 Å². The van der Waals surface area contributed by atoms with E-state index in [1.807, 2.05) is 18.2 Å². The van der Waals surface area contributed by atoms with Gasteiger partial charge in [0.1, 0.15) is 0 Å². The van der Waals surface area contributed by atoms with Crippen LogP contribution in [0.1, 0.15) is 10.4 Å². The summed E-state index contributed by atoms with van der Waals surface area (Å²) in [5.41, 5.74) is 1.58. The molecule has 2 N–H and O–H groups in total. The zero-order valence-corrected chi connectivity index (χ0v) is 22.5. The van der Waals surface area contributed by atoms with Crippen molar-refractivity contribution in [2.45, 2.75) is 4.90 Å². The molecule has 0 bridgehead atoms. The number of anilines is 2. The summed E-state index contributed by atoms with van der Waals surface area (Å²) in [6, 6.07) is 22.9. The molecule has 0 atom stereocenters. The maximum absolute atomic E-state index is 12.9. The van der Waals surface area contributed by atoms with Crippen LogP contribution in [0.5, 0.6) is 0 Å². The number of benzene rings is 3. The van der Waals surface area contributed by atoms with Crippen molar-refractivity contribution in [2.24, 2.45) is 0 Å². The maximum atomic E-state index is 12.9. The highest BCUT2D eigenvalue weighted by Gasteiger charge is 2.21. The van der Waals surface area contributed by atoms with Crippen LogP contribution in [0, 0.1) is 0 Å². The number of rotatable bonds is 8. The van der Waals surface area contributed by atoms with Crippen LogP contribution >= 0.6 is 23.7 Å². The highest BCUT2D eigenvalue weighted by molar-refractivity contribution is 7.92. The lowest BCUT2D eigenvalue weighted by Gasteiger charge is -2.34. The maximum Gasteiger partial charge on any atom is 0.261 e. The molecule has 0 aliphatic carbocycles. The Morgan fingerprint density at radius 3 is 2.32 bits per heavy atom. The van der Waals surface area contributed by atoms with Crippen LogP contribution in [0.4, 0.5) is 10.8 Å². The normalized spacial score (nSPS) is 14.2. The van der Waals surface area contributed by atoms with Crippen LogP contribution in [0.25, 0.3) is 10.2 Å². The molecule has 0 saturated carbocycles. The molecule has 0 spiro atoms. The van der Waals surface area contributed by atoms with Crippen LogP contribution in [-0.2, 0) is 10.0 Å². The van der Waals surface area contributed by atoms with Crippen molar-refractivity contribution in [1.82, 2.24) is 15.2 Å². The number of sulfonamides is 1. The van der Waals surface area contributed by atoms with Gasteiger partial charge in [0, 0.05) is 39.3 Å². The molecule has 1 saturated heterocycles. The van der Waals surface area contributed by atoms with Crippen molar-refractivity contribution in [3.05, 3.63) is 84.4 Å². The predicted molar refractivity (Wildman–Crippen MR) is 152 cm³/mol. The SMILES string of the molecule is Cl.O=C(NCCN1CCN(c2nc3ccccc3s2)CC1)c1ccccc1NS(=O)(=O)c1ccccc1. The number of aromatic nitrogens is 1. The minimum atomic E-state index is -3.79. The minimum absolute atomic E-state index is 0. The lowest BCUT2D eigenvalue weighted by Crippen LogP contribution is -2.48. The highest BCUT2D eigenvalue weighted by Crippen LogP contribution is 2.29. The van der Waals surface area contributed by atoms with Gasteiger partial charge in [0.05, 0.1) is 26.4 Å². The largest absolute Gasteiger partial charge is 0.351 e. The average Bonchev–Trinajstić information content (AvgIpc) is 3.34. The standard InChI is InChI=1S/C26H27N5O3S2.ClH/c32-25(21-10-4-5-11-22(21)29-36(33,34)20-8-2-1-3-9-20)27-14-15-30-16-18-31(19-17-30)26-28-23-12-6-7-13-24(23)35-26;/h1-13,29H,14-19H2,(H,27,32);1H. The molecule has 11 heteroatoms.